The molecule has 1 saturated carbocycles. The van der Waals surface area contributed by atoms with Crippen molar-refractivity contribution in [2.24, 2.45) is 17.7 Å². The van der Waals surface area contributed by atoms with Crippen molar-refractivity contribution >= 4 is 0 Å². The number of halogens is 2. The van der Waals surface area contributed by atoms with E-state index < -0.39 is 11.6 Å². The van der Waals surface area contributed by atoms with Crippen molar-refractivity contribution in [1.29, 1.82) is 0 Å². The molecule has 1 aliphatic rings. The second-order valence-corrected chi connectivity index (χ2v) is 4.94. The van der Waals surface area contributed by atoms with Crippen molar-refractivity contribution < 1.29 is 8.78 Å². The predicted molar refractivity (Wildman–Crippen MR) is 63.0 cm³/mol. The Morgan fingerprint density at radius 2 is 1.94 bits per heavy atom. The molecule has 0 amide bonds. The maximum absolute atomic E-state index is 13.9. The summed E-state index contributed by atoms with van der Waals surface area (Å²) in [5.74, 6) is 4.73. The molecule has 0 aliphatic heterocycles. The fourth-order valence-electron chi connectivity index (χ4n) is 2.32. The van der Waals surface area contributed by atoms with Gasteiger partial charge in [-0.15, -0.1) is 0 Å². The van der Waals surface area contributed by atoms with Crippen LogP contribution >= 0.6 is 0 Å². The second kappa shape index (κ2) is 4.70. The molecule has 1 aliphatic carbocycles. The van der Waals surface area contributed by atoms with Crippen LogP contribution in [0.3, 0.4) is 0 Å². The Labute approximate surface area is 100 Å². The third-order valence-corrected chi connectivity index (χ3v) is 3.71. The van der Waals surface area contributed by atoms with Gasteiger partial charge in [0, 0.05) is 5.56 Å². The van der Waals surface area contributed by atoms with Crippen LogP contribution in [-0.4, -0.2) is 0 Å². The fraction of sp³-hybridized carbons (Fsp3) is 0.538. The van der Waals surface area contributed by atoms with Gasteiger partial charge in [-0.1, -0.05) is 19.1 Å². The van der Waals surface area contributed by atoms with Crippen molar-refractivity contribution in [2.75, 3.05) is 0 Å². The third-order valence-electron chi connectivity index (χ3n) is 3.71. The van der Waals surface area contributed by atoms with Crippen LogP contribution in [0.5, 0.6) is 0 Å². The predicted octanol–water partition coefficient (Wildman–Crippen LogP) is 2.82. The molecule has 0 spiro atoms. The Balaban J connectivity index is 2.33. The molecule has 0 saturated heterocycles. The van der Waals surface area contributed by atoms with Gasteiger partial charge in [0.25, 0.3) is 0 Å². The topological polar surface area (TPSA) is 38.0 Å². The van der Waals surface area contributed by atoms with Crippen molar-refractivity contribution in [3.05, 3.63) is 34.9 Å². The fourth-order valence-corrected chi connectivity index (χ4v) is 2.32. The molecule has 94 valence electrons. The van der Waals surface area contributed by atoms with E-state index in [9.17, 15) is 8.78 Å². The van der Waals surface area contributed by atoms with E-state index in [1.165, 1.54) is 0 Å². The third kappa shape index (κ3) is 2.33. The Morgan fingerprint density at radius 1 is 1.29 bits per heavy atom. The van der Waals surface area contributed by atoms with Crippen LogP contribution in [-0.2, 0) is 0 Å². The van der Waals surface area contributed by atoms with Crippen molar-refractivity contribution in [1.82, 2.24) is 5.43 Å². The molecule has 1 aromatic rings. The highest BCUT2D eigenvalue weighted by molar-refractivity contribution is 5.28. The lowest BCUT2D eigenvalue weighted by molar-refractivity contribution is 0.339. The van der Waals surface area contributed by atoms with E-state index >= 15 is 0 Å². The van der Waals surface area contributed by atoms with E-state index in [1.54, 1.807) is 19.1 Å². The Hall–Kier alpha value is -1.00. The highest BCUT2D eigenvalue weighted by Gasteiger charge is 2.35. The summed E-state index contributed by atoms with van der Waals surface area (Å²) in [6.07, 6.45) is 2.30. The lowest BCUT2D eigenvalue weighted by Crippen LogP contribution is -2.34. The molecule has 2 atom stereocenters. The Kier molecular flexibility index (Phi) is 3.45. The van der Waals surface area contributed by atoms with Crippen LogP contribution in [0.2, 0.25) is 0 Å². The normalized spacial score (nSPS) is 19.1. The molecule has 0 heterocycles. The Morgan fingerprint density at radius 3 is 2.47 bits per heavy atom. The molecule has 2 nitrogen and oxygen atoms in total. The van der Waals surface area contributed by atoms with E-state index in [1.807, 2.05) is 6.92 Å². The molecule has 1 fully saturated rings. The number of rotatable bonds is 4. The number of hydrazine groups is 1. The van der Waals surface area contributed by atoms with Gasteiger partial charge in [0.2, 0.25) is 0 Å². The highest BCUT2D eigenvalue weighted by atomic mass is 19.2. The molecule has 1 aromatic carbocycles. The largest absolute Gasteiger partial charge is 0.271 e. The zero-order valence-electron chi connectivity index (χ0n) is 10.1. The summed E-state index contributed by atoms with van der Waals surface area (Å²) >= 11 is 0. The molecule has 0 bridgehead atoms. The Bertz CT molecular complexity index is 416. The summed E-state index contributed by atoms with van der Waals surface area (Å²) in [6.45, 7) is 3.58. The molecule has 2 rings (SSSR count). The summed E-state index contributed by atoms with van der Waals surface area (Å²) in [4.78, 5) is 0. The van der Waals surface area contributed by atoms with Crippen LogP contribution in [0.4, 0.5) is 8.78 Å². The van der Waals surface area contributed by atoms with Crippen LogP contribution in [0, 0.1) is 30.4 Å². The maximum atomic E-state index is 13.9. The quantitative estimate of drug-likeness (QED) is 0.627. The van der Waals surface area contributed by atoms with Gasteiger partial charge >= 0.3 is 0 Å². The van der Waals surface area contributed by atoms with E-state index in [-0.39, 0.29) is 12.0 Å². The van der Waals surface area contributed by atoms with Gasteiger partial charge in [0.1, 0.15) is 0 Å². The minimum absolute atomic E-state index is 0.219. The number of nitrogens with one attached hydrogen (secondary N) is 1. The van der Waals surface area contributed by atoms with Gasteiger partial charge < -0.3 is 0 Å². The van der Waals surface area contributed by atoms with Crippen molar-refractivity contribution in [2.45, 2.75) is 32.7 Å². The first-order valence-electron chi connectivity index (χ1n) is 5.97. The standard InChI is InChI=1S/C13H18F2N2/c1-7-3-6-10(12(15)11(7)14)13(17-16)8(2)9-4-5-9/h3,6,8-9,13,17H,4-5,16H2,1-2H3. The number of aryl methyl sites for hydroxylation is 1. The monoisotopic (exact) mass is 240 g/mol. The SMILES string of the molecule is Cc1ccc(C(NN)C(C)C2CC2)c(F)c1F. The van der Waals surface area contributed by atoms with Crippen molar-refractivity contribution in [3.63, 3.8) is 0 Å². The smallest absolute Gasteiger partial charge is 0.163 e. The van der Waals surface area contributed by atoms with E-state index in [2.05, 4.69) is 5.43 Å². The number of hydrogen-bond donors (Lipinski definition) is 2. The first kappa shape index (κ1) is 12.5. The minimum atomic E-state index is -0.777. The molecule has 4 heteroatoms. The maximum Gasteiger partial charge on any atom is 0.163 e. The average Bonchev–Trinajstić information content (AvgIpc) is 3.13. The zero-order valence-corrected chi connectivity index (χ0v) is 10.1. The van der Waals surface area contributed by atoms with Gasteiger partial charge in [0.05, 0.1) is 6.04 Å². The second-order valence-electron chi connectivity index (χ2n) is 4.94. The van der Waals surface area contributed by atoms with E-state index in [4.69, 9.17) is 5.84 Å². The molecular weight excluding hydrogens is 222 g/mol. The van der Waals surface area contributed by atoms with E-state index in [0.29, 0.717) is 17.0 Å². The zero-order chi connectivity index (χ0) is 12.6. The van der Waals surface area contributed by atoms with Crippen LogP contribution in [0.15, 0.2) is 12.1 Å². The molecule has 3 N–H and O–H groups in total. The summed E-state index contributed by atoms with van der Waals surface area (Å²) in [5, 5.41) is 0. The van der Waals surface area contributed by atoms with Gasteiger partial charge in [-0.2, -0.15) is 0 Å². The van der Waals surface area contributed by atoms with E-state index in [0.717, 1.165) is 12.8 Å². The molecule has 2 unspecified atom stereocenters. The molecule has 0 radical (unpaired) electrons. The first-order valence-corrected chi connectivity index (χ1v) is 5.97. The lowest BCUT2D eigenvalue weighted by atomic mass is 9.90. The summed E-state index contributed by atoms with van der Waals surface area (Å²) in [7, 11) is 0. The lowest BCUT2D eigenvalue weighted by Gasteiger charge is -2.24. The molecular formula is C13H18F2N2. The molecule has 17 heavy (non-hydrogen) atoms. The van der Waals surface area contributed by atoms with Crippen LogP contribution in [0.25, 0.3) is 0 Å². The van der Waals surface area contributed by atoms with Crippen molar-refractivity contribution in [3.8, 4) is 0 Å². The van der Waals surface area contributed by atoms with Crippen LogP contribution < -0.4 is 11.3 Å². The van der Waals surface area contributed by atoms with Gasteiger partial charge in [-0.25, -0.2) is 8.78 Å². The van der Waals surface area contributed by atoms with Gasteiger partial charge in [-0.05, 0) is 37.2 Å². The highest BCUT2D eigenvalue weighted by Crippen LogP contribution is 2.43. The minimum Gasteiger partial charge on any atom is -0.271 e. The number of nitrogens with two attached hydrogens (primary N) is 1. The van der Waals surface area contributed by atoms with Crippen LogP contribution in [0.1, 0.15) is 36.9 Å². The van der Waals surface area contributed by atoms with Gasteiger partial charge in [-0.3, -0.25) is 11.3 Å². The summed E-state index contributed by atoms with van der Waals surface area (Å²) in [5.41, 5.74) is 3.27. The number of hydrogen-bond acceptors (Lipinski definition) is 2. The molecule has 0 aromatic heterocycles. The van der Waals surface area contributed by atoms with Gasteiger partial charge in [0.15, 0.2) is 11.6 Å². The summed E-state index contributed by atoms with van der Waals surface area (Å²) in [6, 6.07) is 2.90. The summed E-state index contributed by atoms with van der Waals surface area (Å²) < 4.78 is 27.4. The average molecular weight is 240 g/mol. The number of benzene rings is 1. The first-order chi connectivity index (χ1) is 8.06.